The zero-order valence-electron chi connectivity index (χ0n) is 29.0. The van der Waals surface area contributed by atoms with E-state index in [4.69, 9.17) is 0 Å². The summed E-state index contributed by atoms with van der Waals surface area (Å²) in [5, 5.41) is 5.28. The van der Waals surface area contributed by atoms with Crippen molar-refractivity contribution in [2.24, 2.45) is 0 Å². The van der Waals surface area contributed by atoms with Gasteiger partial charge in [-0.25, -0.2) is 0 Å². The van der Waals surface area contributed by atoms with Gasteiger partial charge in [-0.15, -0.1) is 0 Å². The molecule has 6 heteroatoms. The molecule has 7 heterocycles. The van der Waals surface area contributed by atoms with E-state index in [2.05, 4.69) is 177 Å². The highest BCUT2D eigenvalue weighted by Gasteiger charge is 2.55. The molecule has 2 aromatic heterocycles. The van der Waals surface area contributed by atoms with Gasteiger partial charge in [-0.05, 0) is 106 Å². The van der Waals surface area contributed by atoms with Gasteiger partial charge in [-0.1, -0.05) is 84.9 Å². The Hall–Kier alpha value is -6.91. The molecule has 0 fully saturated rings. The van der Waals surface area contributed by atoms with Crippen LogP contribution in [0.3, 0.4) is 0 Å². The summed E-state index contributed by atoms with van der Waals surface area (Å²) in [5.41, 5.74) is 24.1. The Bertz CT molecular complexity index is 3190. The van der Waals surface area contributed by atoms with Crippen molar-refractivity contribution in [3.8, 4) is 11.4 Å². The van der Waals surface area contributed by atoms with E-state index in [1.807, 2.05) is 0 Å². The molecule has 5 aliphatic heterocycles. The Labute approximate surface area is 310 Å². The second-order valence-electron chi connectivity index (χ2n) is 15.6. The van der Waals surface area contributed by atoms with E-state index in [1.54, 1.807) is 0 Å². The van der Waals surface area contributed by atoms with E-state index in [0.717, 1.165) is 0 Å². The number of fused-ring (bicyclic) bond motifs is 8. The fraction of sp³-hybridized carbons (Fsp3) is 0. The van der Waals surface area contributed by atoms with Crippen molar-refractivity contribution in [3.05, 3.63) is 158 Å². The quantitative estimate of drug-likeness (QED) is 0.177. The van der Waals surface area contributed by atoms with Crippen LogP contribution in [0.15, 0.2) is 158 Å². The van der Waals surface area contributed by atoms with Crippen molar-refractivity contribution in [3.63, 3.8) is 0 Å². The van der Waals surface area contributed by atoms with Gasteiger partial charge in [0.2, 0.25) is 0 Å². The maximum absolute atomic E-state index is 2.61. The average molecular weight is 680 g/mol. The van der Waals surface area contributed by atoms with Crippen LogP contribution in [0.25, 0.3) is 55.0 Å². The summed E-state index contributed by atoms with van der Waals surface area (Å²) in [6, 6.07) is 59.4. The molecular weight excluding hydrogens is 654 g/mol. The van der Waals surface area contributed by atoms with Crippen LogP contribution in [0.5, 0.6) is 0 Å². The number of nitrogens with zero attached hydrogens (tertiary/aromatic N) is 4. The number of benzene rings is 8. The summed E-state index contributed by atoms with van der Waals surface area (Å²) < 4.78 is 5.23. The first-order valence-corrected chi connectivity index (χ1v) is 19.0. The van der Waals surface area contributed by atoms with E-state index in [-0.39, 0.29) is 13.4 Å². The Morgan fingerprint density at radius 2 is 0.630 bits per heavy atom. The third-order valence-corrected chi connectivity index (χ3v) is 13.4. The van der Waals surface area contributed by atoms with E-state index < -0.39 is 0 Å². The van der Waals surface area contributed by atoms with Crippen molar-refractivity contribution in [1.29, 1.82) is 0 Å². The topological polar surface area (TPSA) is 16.3 Å². The molecule has 0 spiro atoms. The van der Waals surface area contributed by atoms with Gasteiger partial charge in [0.15, 0.2) is 0 Å². The van der Waals surface area contributed by atoms with Crippen molar-refractivity contribution in [1.82, 2.24) is 9.13 Å². The van der Waals surface area contributed by atoms with Crippen LogP contribution < -0.4 is 42.6 Å². The van der Waals surface area contributed by atoms with Gasteiger partial charge >= 0.3 is 0 Å². The fourth-order valence-electron chi connectivity index (χ4n) is 11.7. The van der Waals surface area contributed by atoms with Crippen molar-refractivity contribution >= 4 is 124 Å². The van der Waals surface area contributed by atoms with Crippen LogP contribution in [0, 0.1) is 0 Å². The molecule has 10 aromatic rings. The van der Waals surface area contributed by atoms with Crippen LogP contribution in [-0.4, -0.2) is 22.6 Å². The maximum Gasteiger partial charge on any atom is 0.251 e. The summed E-state index contributed by atoms with van der Waals surface area (Å²) in [6.07, 6.45) is 0. The van der Waals surface area contributed by atoms with Crippen LogP contribution in [0.4, 0.5) is 34.1 Å². The molecule has 0 bridgehead atoms. The third kappa shape index (κ3) is 2.73. The summed E-state index contributed by atoms with van der Waals surface area (Å²) in [6.45, 7) is 0.182. The summed E-state index contributed by atoms with van der Waals surface area (Å²) >= 11 is 0. The van der Waals surface area contributed by atoms with E-state index >= 15 is 0 Å². The van der Waals surface area contributed by atoms with E-state index in [1.165, 1.54) is 122 Å². The number of hydrogen-bond acceptors (Lipinski definition) is 2. The van der Waals surface area contributed by atoms with Gasteiger partial charge in [0, 0.05) is 67.0 Å². The Kier molecular flexibility index (Phi) is 4.38. The van der Waals surface area contributed by atoms with Crippen LogP contribution >= 0.6 is 0 Å². The Morgan fingerprint density at radius 3 is 1.09 bits per heavy atom. The summed E-state index contributed by atoms with van der Waals surface area (Å²) in [4.78, 5) is 5.12. The molecule has 15 rings (SSSR count). The minimum absolute atomic E-state index is 0.0911. The first-order chi connectivity index (χ1) is 26.9. The molecular formula is C48H26B2N4. The van der Waals surface area contributed by atoms with E-state index in [9.17, 15) is 0 Å². The van der Waals surface area contributed by atoms with Gasteiger partial charge < -0.3 is 18.9 Å². The lowest BCUT2D eigenvalue weighted by molar-refractivity contribution is 1.15. The monoisotopic (exact) mass is 680 g/mol. The van der Waals surface area contributed by atoms with Crippen molar-refractivity contribution in [2.75, 3.05) is 9.80 Å². The molecule has 0 saturated heterocycles. The van der Waals surface area contributed by atoms with E-state index in [0.29, 0.717) is 0 Å². The summed E-state index contributed by atoms with van der Waals surface area (Å²) in [7, 11) is 0. The molecule has 0 amide bonds. The maximum atomic E-state index is 2.61. The minimum Gasteiger partial charge on any atom is -0.311 e. The predicted octanol–water partition coefficient (Wildman–Crippen LogP) is 7.42. The molecule has 0 unspecified atom stereocenters. The molecule has 0 radical (unpaired) electrons. The number of para-hydroxylation sites is 4. The highest BCUT2D eigenvalue weighted by molar-refractivity contribution is 7.15. The standard InChI is InChI=1S/C48H26B2N4/c1-3-11-27(12-4-1)51-35-23-24-36-42-41(35)49-43-37(53-33-17-9-7-15-29(33)31-19-21-39(51)45(49)47(31)53)25-26-38-44(43)50(42)46-40(52(36)28-13-5-2-6-14-28)22-20-32-30-16-8-10-18-34(30)54(38)48(32)46/h1-26H. The van der Waals surface area contributed by atoms with Crippen molar-refractivity contribution < 1.29 is 0 Å². The lowest BCUT2D eigenvalue weighted by atomic mass is 9.18. The molecule has 54 heavy (non-hydrogen) atoms. The number of rotatable bonds is 2. The van der Waals surface area contributed by atoms with Crippen molar-refractivity contribution in [2.45, 2.75) is 0 Å². The molecule has 5 aliphatic rings. The second kappa shape index (κ2) is 8.82. The molecule has 244 valence electrons. The molecule has 0 saturated carbocycles. The lowest BCUT2D eigenvalue weighted by Crippen LogP contribution is -2.80. The highest BCUT2D eigenvalue weighted by atomic mass is 15.2. The molecule has 0 aliphatic carbocycles. The first-order valence-electron chi connectivity index (χ1n) is 19.0. The molecule has 8 aromatic carbocycles. The number of hydrogen-bond donors (Lipinski definition) is 0. The normalized spacial score (nSPS) is 14.5. The molecule has 4 nitrogen and oxygen atoms in total. The van der Waals surface area contributed by atoms with Gasteiger partial charge in [0.05, 0.1) is 22.1 Å². The molecule has 0 N–H and O–H groups in total. The summed E-state index contributed by atoms with van der Waals surface area (Å²) in [5.74, 6) is 0. The second-order valence-corrected chi connectivity index (χ2v) is 15.6. The molecule has 0 atom stereocenters. The Morgan fingerprint density at radius 1 is 0.278 bits per heavy atom. The van der Waals surface area contributed by atoms with Crippen LogP contribution in [0.2, 0.25) is 0 Å². The fourth-order valence-corrected chi connectivity index (χ4v) is 11.7. The number of anilines is 6. The first kappa shape index (κ1) is 26.8. The average Bonchev–Trinajstić information content (AvgIpc) is 3.76. The zero-order chi connectivity index (χ0) is 34.6. The smallest absolute Gasteiger partial charge is 0.251 e. The Balaban J connectivity index is 1.22. The van der Waals surface area contributed by atoms with Gasteiger partial charge in [-0.2, -0.15) is 0 Å². The van der Waals surface area contributed by atoms with Gasteiger partial charge in [0.25, 0.3) is 13.4 Å². The lowest BCUT2D eigenvalue weighted by Gasteiger charge is -2.50. The van der Waals surface area contributed by atoms with Crippen LogP contribution in [-0.2, 0) is 0 Å². The zero-order valence-corrected chi connectivity index (χ0v) is 29.0. The third-order valence-electron chi connectivity index (χ3n) is 13.4. The largest absolute Gasteiger partial charge is 0.311 e. The minimum atomic E-state index is 0.0911. The predicted molar refractivity (Wildman–Crippen MR) is 227 cm³/mol. The SMILES string of the molecule is c1ccc(N2c3ccc4c5c3B3c6c(ccc7c6B5c5c(ccc6c8ccccc8n-7c56)N4c4ccccc4)-n4c5ccccc5c5ccc2c3c54)cc1. The van der Waals surface area contributed by atoms with Gasteiger partial charge in [-0.3, -0.25) is 0 Å². The number of aromatic nitrogens is 2. The van der Waals surface area contributed by atoms with Gasteiger partial charge in [0.1, 0.15) is 0 Å². The van der Waals surface area contributed by atoms with Crippen LogP contribution in [0.1, 0.15) is 0 Å². The highest BCUT2D eigenvalue weighted by Crippen LogP contribution is 2.47.